The fourth-order valence-electron chi connectivity index (χ4n) is 3.20. The first kappa shape index (κ1) is 23.8. The Labute approximate surface area is 192 Å². The molecule has 8 heteroatoms. The summed E-state index contributed by atoms with van der Waals surface area (Å²) in [7, 11) is 0. The summed E-state index contributed by atoms with van der Waals surface area (Å²) in [5, 5.41) is 12.0. The number of anilines is 1. The Balaban J connectivity index is 1.66. The molecule has 1 heterocycles. The van der Waals surface area contributed by atoms with Gasteiger partial charge in [-0.1, -0.05) is 37.7 Å². The number of nitrogens with one attached hydrogen (secondary N) is 1. The van der Waals surface area contributed by atoms with Gasteiger partial charge in [0.15, 0.2) is 17.1 Å². The van der Waals surface area contributed by atoms with Crippen molar-refractivity contribution in [2.45, 2.75) is 57.8 Å². The number of rotatable bonds is 9. The summed E-state index contributed by atoms with van der Waals surface area (Å²) in [4.78, 5) is 12.3. The number of carbonyl (C=O) groups is 1. The maximum atomic E-state index is 13.0. The summed E-state index contributed by atoms with van der Waals surface area (Å²) in [6.45, 7) is 10.3. The summed E-state index contributed by atoms with van der Waals surface area (Å²) in [5.41, 5.74) is 1.81. The molecule has 0 aliphatic rings. The Kier molecular flexibility index (Phi) is 7.90. The van der Waals surface area contributed by atoms with Crippen LogP contribution in [0.5, 0.6) is 5.75 Å². The highest BCUT2D eigenvalue weighted by atomic mass is 32.2. The van der Waals surface area contributed by atoms with Crippen LogP contribution in [0.2, 0.25) is 0 Å². The summed E-state index contributed by atoms with van der Waals surface area (Å²) in [6.07, 6.45) is -0.308. The number of aromatic nitrogens is 3. The van der Waals surface area contributed by atoms with Crippen LogP contribution in [0.4, 0.5) is 10.1 Å². The predicted octanol–water partition coefficient (Wildman–Crippen LogP) is 5.99. The number of hydrogen-bond acceptors (Lipinski definition) is 5. The molecule has 0 aliphatic heterocycles. The van der Waals surface area contributed by atoms with E-state index in [4.69, 9.17) is 4.74 Å². The lowest BCUT2D eigenvalue weighted by atomic mass is 10.0. The summed E-state index contributed by atoms with van der Waals surface area (Å²) in [5.74, 6) is 1.56. The molecule has 6 nitrogen and oxygen atoms in total. The number of nitrogens with zero attached hydrogens (tertiary/aromatic N) is 3. The topological polar surface area (TPSA) is 69.0 Å². The molecule has 0 saturated carbocycles. The fourth-order valence-corrected chi connectivity index (χ4v) is 4.07. The van der Waals surface area contributed by atoms with Crippen LogP contribution in [0.15, 0.2) is 53.7 Å². The van der Waals surface area contributed by atoms with Gasteiger partial charge < -0.3 is 14.6 Å². The summed E-state index contributed by atoms with van der Waals surface area (Å²) < 4.78 is 21.1. The van der Waals surface area contributed by atoms with Crippen molar-refractivity contribution in [3.05, 3.63) is 65.7 Å². The van der Waals surface area contributed by atoms with Gasteiger partial charge in [-0.2, -0.15) is 0 Å². The molecule has 2 aromatic carbocycles. The molecule has 3 aromatic rings. The van der Waals surface area contributed by atoms with Gasteiger partial charge in [0.1, 0.15) is 11.6 Å². The summed E-state index contributed by atoms with van der Waals surface area (Å²) in [6, 6.07) is 13.8. The number of carbonyl (C=O) groups excluding carboxylic acids is 1. The number of amides is 1. The lowest BCUT2D eigenvalue weighted by Crippen LogP contribution is -2.16. The Hall–Kier alpha value is -2.87. The zero-order valence-electron chi connectivity index (χ0n) is 19.0. The van der Waals surface area contributed by atoms with Gasteiger partial charge in [-0.25, -0.2) is 4.39 Å². The Morgan fingerprint density at radius 2 is 1.69 bits per heavy atom. The lowest BCUT2D eigenvalue weighted by Gasteiger charge is -2.19. The quantitative estimate of drug-likeness (QED) is 0.400. The largest absolute Gasteiger partial charge is 0.483 e. The molecule has 1 unspecified atom stereocenters. The minimum absolute atomic E-state index is 0.0945. The lowest BCUT2D eigenvalue weighted by molar-refractivity contribution is -0.113. The maximum absolute atomic E-state index is 13.0. The van der Waals surface area contributed by atoms with E-state index in [-0.39, 0.29) is 29.6 Å². The molecule has 1 N–H and O–H groups in total. The molecule has 32 heavy (non-hydrogen) atoms. The van der Waals surface area contributed by atoms with Crippen LogP contribution in [-0.4, -0.2) is 26.4 Å². The van der Waals surface area contributed by atoms with Crippen molar-refractivity contribution >= 4 is 23.4 Å². The van der Waals surface area contributed by atoms with Crippen molar-refractivity contribution in [3.8, 4) is 5.75 Å². The molecule has 0 spiro atoms. The molecule has 3 rings (SSSR count). The van der Waals surface area contributed by atoms with Gasteiger partial charge in [-0.3, -0.25) is 4.79 Å². The van der Waals surface area contributed by atoms with Crippen molar-refractivity contribution in [1.29, 1.82) is 0 Å². The van der Waals surface area contributed by atoms with E-state index < -0.39 is 0 Å². The van der Waals surface area contributed by atoms with E-state index in [0.717, 1.165) is 5.75 Å². The average Bonchev–Trinajstić information content (AvgIpc) is 3.19. The average molecular weight is 457 g/mol. The normalized spacial score (nSPS) is 12.2. The first-order valence-electron chi connectivity index (χ1n) is 10.6. The molecule has 1 aromatic heterocycles. The Bertz CT molecular complexity index is 1030. The van der Waals surface area contributed by atoms with Crippen LogP contribution < -0.4 is 10.1 Å². The zero-order chi connectivity index (χ0) is 23.3. The third-order valence-electron chi connectivity index (χ3n) is 4.89. The molecule has 0 radical (unpaired) electrons. The van der Waals surface area contributed by atoms with Gasteiger partial charge in [0.05, 0.1) is 5.75 Å². The third kappa shape index (κ3) is 6.09. The minimum atomic E-state index is -0.345. The van der Waals surface area contributed by atoms with Crippen LogP contribution in [-0.2, 0) is 4.79 Å². The van der Waals surface area contributed by atoms with Gasteiger partial charge in [-0.05, 0) is 68.7 Å². The monoisotopic (exact) mass is 456 g/mol. The first-order valence-corrected chi connectivity index (χ1v) is 11.6. The number of thioether (sulfide) groups is 1. The van der Waals surface area contributed by atoms with Crippen LogP contribution in [0.3, 0.4) is 0 Å². The predicted molar refractivity (Wildman–Crippen MR) is 126 cm³/mol. The van der Waals surface area contributed by atoms with Gasteiger partial charge in [0, 0.05) is 11.7 Å². The van der Waals surface area contributed by atoms with E-state index in [1.165, 1.54) is 41.6 Å². The van der Waals surface area contributed by atoms with E-state index in [1.807, 2.05) is 37.5 Å². The second-order valence-corrected chi connectivity index (χ2v) is 9.07. The molecular formula is C24H29FN4O2S. The summed E-state index contributed by atoms with van der Waals surface area (Å²) >= 11 is 1.30. The molecular weight excluding hydrogens is 427 g/mol. The zero-order valence-corrected chi connectivity index (χ0v) is 19.8. The van der Waals surface area contributed by atoms with Crippen molar-refractivity contribution in [1.82, 2.24) is 14.8 Å². The molecule has 0 bridgehead atoms. The molecule has 0 saturated heterocycles. The van der Waals surface area contributed by atoms with Crippen molar-refractivity contribution < 1.29 is 13.9 Å². The number of halogens is 1. The van der Waals surface area contributed by atoms with E-state index in [9.17, 15) is 9.18 Å². The molecule has 1 atom stereocenters. The second kappa shape index (κ2) is 10.6. The van der Waals surface area contributed by atoms with Crippen LogP contribution in [0.1, 0.15) is 64.1 Å². The number of hydrogen-bond donors (Lipinski definition) is 1. The SMILES string of the molecule is CC(C)c1ccc(OC(C)c2nnc(SCC(=O)Nc3ccc(F)cc3)n2C(C)C)cc1. The standard InChI is InChI=1S/C24H29FN4O2S/c1-15(2)18-6-12-21(13-7-18)31-17(5)23-27-28-24(29(23)16(3)4)32-14-22(30)26-20-10-8-19(25)9-11-20/h6-13,15-17H,14H2,1-5H3,(H,26,30). The van der Waals surface area contributed by atoms with E-state index >= 15 is 0 Å². The third-order valence-corrected chi connectivity index (χ3v) is 5.83. The fraction of sp³-hybridized carbons (Fsp3) is 0.375. The maximum Gasteiger partial charge on any atom is 0.234 e. The molecule has 0 aliphatic carbocycles. The Morgan fingerprint density at radius 3 is 2.28 bits per heavy atom. The Morgan fingerprint density at radius 1 is 1.03 bits per heavy atom. The number of benzene rings is 2. The number of ether oxygens (including phenoxy) is 1. The van der Waals surface area contributed by atoms with Crippen molar-refractivity contribution in [2.75, 3.05) is 11.1 Å². The van der Waals surface area contributed by atoms with Gasteiger partial charge >= 0.3 is 0 Å². The molecule has 0 fully saturated rings. The highest BCUT2D eigenvalue weighted by Crippen LogP contribution is 2.28. The van der Waals surface area contributed by atoms with Crippen LogP contribution in [0, 0.1) is 5.82 Å². The van der Waals surface area contributed by atoms with Crippen LogP contribution in [0.25, 0.3) is 0 Å². The van der Waals surface area contributed by atoms with Gasteiger partial charge in [0.25, 0.3) is 0 Å². The van der Waals surface area contributed by atoms with Crippen LogP contribution >= 0.6 is 11.8 Å². The van der Waals surface area contributed by atoms with E-state index in [0.29, 0.717) is 22.6 Å². The van der Waals surface area contributed by atoms with Gasteiger partial charge in [-0.15, -0.1) is 10.2 Å². The van der Waals surface area contributed by atoms with Gasteiger partial charge in [0.2, 0.25) is 5.91 Å². The highest BCUT2D eigenvalue weighted by Gasteiger charge is 2.22. The minimum Gasteiger partial charge on any atom is -0.483 e. The highest BCUT2D eigenvalue weighted by molar-refractivity contribution is 7.99. The molecule has 170 valence electrons. The first-order chi connectivity index (χ1) is 15.2. The van der Waals surface area contributed by atoms with Crippen molar-refractivity contribution in [2.24, 2.45) is 0 Å². The van der Waals surface area contributed by atoms with E-state index in [2.05, 4.69) is 41.5 Å². The smallest absolute Gasteiger partial charge is 0.234 e. The second-order valence-electron chi connectivity index (χ2n) is 8.13. The van der Waals surface area contributed by atoms with Crippen molar-refractivity contribution in [3.63, 3.8) is 0 Å². The van der Waals surface area contributed by atoms with E-state index in [1.54, 1.807) is 0 Å². The molecule has 1 amide bonds.